The monoisotopic (exact) mass is 1060 g/mol. The molecule has 5 aromatic carbocycles. The fraction of sp³-hybridized carbons (Fsp3) is 0.340. The number of fused-ring (bicyclic) bond motifs is 6. The number of amides is 5. The molecule has 4 atom stereocenters. The Morgan fingerprint density at radius 1 is 0.750 bits per heavy atom. The van der Waals surface area contributed by atoms with Gasteiger partial charge in [0.2, 0.25) is 23.6 Å². The minimum Gasteiger partial charge on any atom is -0.465 e. The lowest BCUT2D eigenvalue weighted by molar-refractivity contribution is -0.128. The average molecular weight is 1060 g/mol. The van der Waals surface area contributed by atoms with Gasteiger partial charge in [-0.2, -0.15) is 0 Å². The summed E-state index contributed by atoms with van der Waals surface area (Å²) in [5, 5.41) is 21.3. The number of alkyl halides is 2. The largest absolute Gasteiger partial charge is 0.530 e. The van der Waals surface area contributed by atoms with Gasteiger partial charge in [-0.25, -0.2) is 9.36 Å². The van der Waals surface area contributed by atoms with Crippen LogP contribution in [0.1, 0.15) is 79.7 Å². The number of halogens is 2. The van der Waals surface area contributed by atoms with Gasteiger partial charge in [0.05, 0.1) is 29.3 Å². The summed E-state index contributed by atoms with van der Waals surface area (Å²) in [4.78, 5) is 70.0. The Bertz CT molecular complexity index is 3000. The van der Waals surface area contributed by atoms with E-state index in [1.165, 1.54) is 18.3 Å². The lowest BCUT2D eigenvalue weighted by Crippen LogP contribution is -2.53. The van der Waals surface area contributed by atoms with Crippen molar-refractivity contribution in [1.82, 2.24) is 10.6 Å². The lowest BCUT2D eigenvalue weighted by Gasteiger charge is -2.23. The summed E-state index contributed by atoms with van der Waals surface area (Å²) < 4.78 is 33.7. The first-order valence-electron chi connectivity index (χ1n) is 23.7. The summed E-state index contributed by atoms with van der Waals surface area (Å²) in [5.41, 5.74) is 5.80. The normalized spacial score (nSPS) is 16.1. The fourth-order valence-corrected chi connectivity index (χ4v) is 12.1. The predicted octanol–water partition coefficient (Wildman–Crippen LogP) is 11.2. The van der Waals surface area contributed by atoms with Crippen LogP contribution < -0.4 is 30.3 Å². The number of carbonyl (C=O) groups is 5. The lowest BCUT2D eigenvalue weighted by atomic mass is 9.95. The van der Waals surface area contributed by atoms with E-state index in [9.17, 15) is 33.6 Å². The molecule has 0 saturated carbocycles. The number of nitrogens with one attached hydrogen (secondary N) is 3. The number of thiophene rings is 1. The maximum atomic E-state index is 14.6. The van der Waals surface area contributed by atoms with E-state index in [-0.39, 0.29) is 86.1 Å². The molecule has 3 heterocycles. The van der Waals surface area contributed by atoms with Crippen molar-refractivity contribution in [3.05, 3.63) is 130 Å². The molecule has 19 heteroatoms. The summed E-state index contributed by atoms with van der Waals surface area (Å²) in [6.45, 7) is 7.36. The van der Waals surface area contributed by atoms with Crippen LogP contribution in [0.3, 0.4) is 0 Å². The van der Waals surface area contributed by atoms with Gasteiger partial charge in [0.15, 0.2) is 5.75 Å². The van der Waals surface area contributed by atoms with Gasteiger partial charge in [0.1, 0.15) is 12.1 Å². The van der Waals surface area contributed by atoms with Crippen LogP contribution in [0.15, 0.2) is 102 Å². The predicted molar refractivity (Wildman–Crippen MR) is 283 cm³/mol. The van der Waals surface area contributed by atoms with Crippen molar-refractivity contribution in [1.29, 1.82) is 0 Å². The highest BCUT2D eigenvalue weighted by Crippen LogP contribution is 2.56. The Labute approximate surface area is 431 Å². The molecule has 0 unspecified atom stereocenters. The molecule has 4 N–H and O–H groups in total. The summed E-state index contributed by atoms with van der Waals surface area (Å²) in [5.74, 6) is -1.77. The standard InChI is InChI=1S/C53H56Cl2N5O10PS/c1-31(2)49(58-53(65)66)52(64)56-33(4)51(63)57-40-22-41-47(39-19-12-11-18-38(39)40)36(24-54)26-59(41)44(61)20-13-21-45(62)60-27-37(25-55)48-42(60)23-43(50-46(48)32(3)30-72-50)70-71(67,68-28-34-14-7-5-8-15-34)69-29-35-16-9-6-10-17-35/h5-12,14-19,22-23,30-31,33,36-37,49,58H,13,20-21,24-29H2,1-4H3,(H,56,64)(H,57,63)(H,65,66)/t33-,36+,37+,49-/m0/s1. The van der Waals surface area contributed by atoms with E-state index in [2.05, 4.69) is 16.0 Å². The van der Waals surface area contributed by atoms with E-state index in [0.717, 1.165) is 43.3 Å². The van der Waals surface area contributed by atoms with Crippen LogP contribution in [0.4, 0.5) is 21.9 Å². The van der Waals surface area contributed by atoms with Gasteiger partial charge in [-0.3, -0.25) is 28.2 Å². The number of phosphoric acid groups is 1. The molecule has 2 aliphatic rings. The number of aryl methyl sites for hydroxylation is 1. The number of rotatable bonds is 20. The van der Waals surface area contributed by atoms with Gasteiger partial charge >= 0.3 is 13.9 Å². The molecule has 0 bridgehead atoms. The van der Waals surface area contributed by atoms with E-state index < -0.39 is 37.8 Å². The molecule has 0 fully saturated rings. The molecular weight excluding hydrogens is 1000 g/mol. The molecule has 0 saturated heterocycles. The molecule has 5 amide bonds. The number of hydrogen-bond donors (Lipinski definition) is 4. The Morgan fingerprint density at radius 2 is 1.29 bits per heavy atom. The van der Waals surface area contributed by atoms with Gasteiger partial charge in [-0.1, -0.05) is 98.8 Å². The zero-order chi connectivity index (χ0) is 51.3. The molecule has 6 aromatic rings. The second-order valence-electron chi connectivity index (χ2n) is 18.3. The minimum absolute atomic E-state index is 0.0243. The Kier molecular flexibility index (Phi) is 16.6. The SMILES string of the molecule is Cc1csc2c(OP(=O)(OCc3ccccc3)OCc3ccccc3)cc3c(c12)[C@H](CCl)CN3C(=O)CCCC(=O)N1C[C@@H](CCl)c2c1cc(NC(=O)[C@H](C)NC(=O)[C@@H](NC(=O)O)C(C)C)c1ccccc21. The molecule has 378 valence electrons. The quantitative estimate of drug-likeness (QED) is 0.0422. The van der Waals surface area contributed by atoms with Crippen molar-refractivity contribution < 1.29 is 47.2 Å². The molecule has 0 radical (unpaired) electrons. The number of nitrogens with zero attached hydrogens (tertiary/aromatic N) is 2. The summed E-state index contributed by atoms with van der Waals surface area (Å²) in [6, 6.07) is 27.4. The van der Waals surface area contributed by atoms with Gasteiger partial charge < -0.3 is 35.4 Å². The molecule has 72 heavy (non-hydrogen) atoms. The van der Waals surface area contributed by atoms with E-state index in [1.807, 2.05) is 97.2 Å². The highest BCUT2D eigenvalue weighted by molar-refractivity contribution is 7.49. The Morgan fingerprint density at radius 3 is 1.85 bits per heavy atom. The Hall–Kier alpha value is -6.00. The highest BCUT2D eigenvalue weighted by Gasteiger charge is 2.39. The van der Waals surface area contributed by atoms with Crippen molar-refractivity contribution >= 4 is 110 Å². The first-order chi connectivity index (χ1) is 34.6. The maximum Gasteiger partial charge on any atom is 0.530 e. The topological polar surface area (TPSA) is 193 Å². The van der Waals surface area contributed by atoms with Crippen LogP contribution in [0, 0.1) is 12.8 Å². The second-order valence-corrected chi connectivity index (χ2v) is 21.4. The number of anilines is 3. The molecule has 15 nitrogen and oxygen atoms in total. The Balaban J connectivity index is 1.00. The third kappa shape index (κ3) is 11.4. The van der Waals surface area contributed by atoms with Crippen molar-refractivity contribution in [2.45, 2.75) is 84.1 Å². The summed E-state index contributed by atoms with van der Waals surface area (Å²) in [7, 11) is -4.30. The first-order valence-corrected chi connectivity index (χ1v) is 27.1. The summed E-state index contributed by atoms with van der Waals surface area (Å²) >= 11 is 14.6. The molecular formula is C53H56Cl2N5O10PS. The van der Waals surface area contributed by atoms with Crippen molar-refractivity contribution in [2.24, 2.45) is 5.92 Å². The minimum atomic E-state index is -4.30. The van der Waals surface area contributed by atoms with Crippen LogP contribution in [0.2, 0.25) is 0 Å². The first kappa shape index (κ1) is 52.3. The number of benzene rings is 5. The van der Waals surface area contributed by atoms with Crippen LogP contribution in [-0.2, 0) is 46.0 Å². The molecule has 0 spiro atoms. The molecule has 0 aliphatic carbocycles. The van der Waals surface area contributed by atoms with Crippen LogP contribution in [0.5, 0.6) is 5.75 Å². The molecule has 1 aromatic heterocycles. The second kappa shape index (κ2) is 22.8. The van der Waals surface area contributed by atoms with E-state index in [0.29, 0.717) is 29.0 Å². The third-order valence-electron chi connectivity index (χ3n) is 12.9. The number of carboxylic acid groups (broad SMARTS) is 1. The summed E-state index contributed by atoms with van der Waals surface area (Å²) in [6.07, 6.45) is -1.09. The van der Waals surface area contributed by atoms with Crippen molar-refractivity contribution in [3.63, 3.8) is 0 Å². The van der Waals surface area contributed by atoms with Gasteiger partial charge in [0.25, 0.3) is 0 Å². The number of hydrogen-bond acceptors (Lipinski definition) is 10. The smallest absolute Gasteiger partial charge is 0.465 e. The zero-order valence-corrected chi connectivity index (χ0v) is 43.4. The van der Waals surface area contributed by atoms with Crippen molar-refractivity contribution in [2.75, 3.05) is 40.0 Å². The van der Waals surface area contributed by atoms with Crippen LogP contribution in [0.25, 0.3) is 20.9 Å². The van der Waals surface area contributed by atoms with E-state index in [4.69, 9.17) is 36.8 Å². The number of carbonyl (C=O) groups excluding carboxylic acids is 4. The van der Waals surface area contributed by atoms with Gasteiger partial charge in [-0.15, -0.1) is 34.5 Å². The zero-order valence-electron chi connectivity index (χ0n) is 40.2. The van der Waals surface area contributed by atoms with Crippen molar-refractivity contribution in [3.8, 4) is 5.75 Å². The maximum absolute atomic E-state index is 14.6. The highest BCUT2D eigenvalue weighted by atomic mass is 35.5. The van der Waals surface area contributed by atoms with Gasteiger partial charge in [0, 0.05) is 72.1 Å². The number of phosphoric ester groups is 1. The van der Waals surface area contributed by atoms with Crippen LogP contribution in [-0.4, -0.2) is 71.8 Å². The molecule has 8 rings (SSSR count). The van der Waals surface area contributed by atoms with Gasteiger partial charge in [-0.05, 0) is 70.8 Å². The van der Waals surface area contributed by atoms with E-state index in [1.54, 1.807) is 35.8 Å². The fourth-order valence-electron chi connectivity index (χ4n) is 9.35. The third-order valence-corrected chi connectivity index (χ3v) is 16.1. The molecule has 2 aliphatic heterocycles. The average Bonchev–Trinajstić information content (AvgIpc) is 4.07. The van der Waals surface area contributed by atoms with Crippen LogP contribution >= 0.6 is 42.4 Å². The van der Waals surface area contributed by atoms with E-state index >= 15 is 0 Å².